The van der Waals surface area contributed by atoms with Crippen molar-refractivity contribution in [3.05, 3.63) is 51.3 Å². The molecule has 0 fully saturated rings. The number of cyclic esters (lactones) is 1. The summed E-state index contributed by atoms with van der Waals surface area (Å²) in [6, 6.07) is 7.17. The van der Waals surface area contributed by atoms with Crippen LogP contribution in [0.5, 0.6) is 0 Å². The van der Waals surface area contributed by atoms with Gasteiger partial charge in [-0.2, -0.15) is 0 Å². The molecule has 35 heavy (non-hydrogen) atoms. The molecule has 3 aliphatic heterocycles. The predicted octanol–water partition coefficient (Wildman–Crippen LogP) is 3.64. The molecule has 2 amide bonds. The minimum absolute atomic E-state index is 0.0465. The van der Waals surface area contributed by atoms with Gasteiger partial charge in [0.25, 0.3) is 5.56 Å². The number of ether oxygens (including phenoxy) is 1. The highest BCUT2D eigenvalue weighted by molar-refractivity contribution is 6.18. The minimum atomic E-state index is -0.906. The van der Waals surface area contributed by atoms with Gasteiger partial charge in [-0.1, -0.05) is 25.8 Å². The highest BCUT2D eigenvalue weighted by atomic mass is 16.5. The normalized spacial score (nSPS) is 19.5. The molecular weight excluding hydrogens is 448 g/mol. The zero-order chi connectivity index (χ0) is 24.3. The van der Waals surface area contributed by atoms with Crippen LogP contribution in [-0.4, -0.2) is 33.3 Å². The lowest BCUT2D eigenvalue weighted by molar-refractivity contribution is -0.155. The molecule has 0 aliphatic carbocycles. The van der Waals surface area contributed by atoms with E-state index in [-0.39, 0.29) is 37.3 Å². The van der Waals surface area contributed by atoms with E-state index in [1.165, 1.54) is 0 Å². The van der Waals surface area contributed by atoms with Gasteiger partial charge in [0.15, 0.2) is 0 Å². The van der Waals surface area contributed by atoms with Gasteiger partial charge in [0.1, 0.15) is 6.61 Å². The summed E-state index contributed by atoms with van der Waals surface area (Å²) in [7, 11) is 0. The Labute approximate surface area is 201 Å². The van der Waals surface area contributed by atoms with Crippen LogP contribution in [0.1, 0.15) is 55.7 Å². The van der Waals surface area contributed by atoms with Crippen molar-refractivity contribution in [1.82, 2.24) is 9.55 Å². The number of urea groups is 1. The van der Waals surface area contributed by atoms with Crippen molar-refractivity contribution in [3.63, 3.8) is 0 Å². The molecule has 0 saturated heterocycles. The molecular formula is C26H26N4O5. The number of aliphatic hydroxyl groups is 1. The van der Waals surface area contributed by atoms with E-state index in [9.17, 15) is 14.4 Å². The van der Waals surface area contributed by atoms with E-state index >= 15 is 0 Å². The summed E-state index contributed by atoms with van der Waals surface area (Å²) in [5.74, 6) is -0.302. The molecule has 9 nitrogen and oxygen atoms in total. The molecule has 9 heteroatoms. The maximum absolute atomic E-state index is 13.7. The number of rotatable bonds is 6. The van der Waals surface area contributed by atoms with Gasteiger partial charge in [-0.25, -0.2) is 9.78 Å². The first-order chi connectivity index (χ1) is 17.0. The zero-order valence-electron chi connectivity index (χ0n) is 19.4. The smallest absolute Gasteiger partial charge is 0.323 e. The molecule has 1 atom stereocenters. The van der Waals surface area contributed by atoms with Crippen LogP contribution in [0.2, 0.25) is 0 Å². The molecule has 1 aromatic carbocycles. The van der Waals surface area contributed by atoms with Gasteiger partial charge in [-0.05, 0) is 43.0 Å². The third-order valence-corrected chi connectivity index (χ3v) is 7.68. The van der Waals surface area contributed by atoms with Crippen LogP contribution in [0.15, 0.2) is 29.1 Å². The average molecular weight is 475 g/mol. The largest absolute Gasteiger partial charge is 0.460 e. The maximum atomic E-state index is 13.7. The summed E-state index contributed by atoms with van der Waals surface area (Å²) in [4.78, 5) is 44.1. The second-order valence-electron chi connectivity index (χ2n) is 9.45. The van der Waals surface area contributed by atoms with Gasteiger partial charge in [0, 0.05) is 17.6 Å². The van der Waals surface area contributed by atoms with Gasteiger partial charge >= 0.3 is 12.0 Å². The quantitative estimate of drug-likeness (QED) is 0.290. The molecule has 0 bridgehead atoms. The van der Waals surface area contributed by atoms with Crippen LogP contribution in [0, 0.1) is 0 Å². The first kappa shape index (κ1) is 21.8. The Morgan fingerprint density at radius 3 is 2.80 bits per heavy atom. The number of nitrogens with one attached hydrogen (secondary N) is 2. The van der Waals surface area contributed by atoms with Crippen molar-refractivity contribution in [2.75, 3.05) is 17.2 Å². The number of amides is 2. The first-order valence-corrected chi connectivity index (χ1v) is 12.1. The number of unbranched alkanes of at least 4 members (excludes halogenated alkanes) is 2. The summed E-state index contributed by atoms with van der Waals surface area (Å²) >= 11 is 0. The molecule has 0 spiro atoms. The van der Waals surface area contributed by atoms with E-state index in [1.54, 1.807) is 4.57 Å². The van der Waals surface area contributed by atoms with Crippen molar-refractivity contribution >= 4 is 34.3 Å². The van der Waals surface area contributed by atoms with Crippen LogP contribution < -0.4 is 16.2 Å². The Morgan fingerprint density at radius 2 is 2.00 bits per heavy atom. The number of fused-ring (bicyclic) bond motifs is 5. The zero-order valence-corrected chi connectivity index (χ0v) is 19.4. The molecule has 3 N–H and O–H groups in total. The topological polar surface area (TPSA) is 123 Å². The highest BCUT2D eigenvalue weighted by Crippen LogP contribution is 2.46. The molecule has 0 saturated carbocycles. The van der Waals surface area contributed by atoms with E-state index in [4.69, 9.17) is 14.8 Å². The Hall–Kier alpha value is -3.72. The summed E-state index contributed by atoms with van der Waals surface area (Å²) in [6.45, 7) is 2.30. The van der Waals surface area contributed by atoms with Gasteiger partial charge in [-0.3, -0.25) is 9.59 Å². The van der Waals surface area contributed by atoms with Gasteiger partial charge < -0.3 is 25.0 Å². The molecule has 0 unspecified atom stereocenters. The van der Waals surface area contributed by atoms with E-state index in [2.05, 4.69) is 10.6 Å². The second-order valence-corrected chi connectivity index (χ2v) is 9.45. The Morgan fingerprint density at radius 1 is 1.14 bits per heavy atom. The van der Waals surface area contributed by atoms with E-state index < -0.39 is 5.41 Å². The van der Waals surface area contributed by atoms with Gasteiger partial charge in [0.05, 0.1) is 45.8 Å². The lowest BCUT2D eigenvalue weighted by atomic mass is 9.71. The van der Waals surface area contributed by atoms with Crippen LogP contribution in [0.3, 0.4) is 0 Å². The molecule has 3 aromatic rings. The SMILES string of the molecule is CC[C@@]1(CCCCCO)C(=O)OCc2c1cc1n(c2=O)Cc2c-1nc1cccc3c1c2NC(=O)N3. The third kappa shape index (κ3) is 3.04. The van der Waals surface area contributed by atoms with E-state index in [0.29, 0.717) is 53.1 Å². The lowest BCUT2D eigenvalue weighted by Gasteiger charge is -2.36. The summed E-state index contributed by atoms with van der Waals surface area (Å²) < 4.78 is 7.22. The molecule has 2 aromatic heterocycles. The number of nitrogens with zero attached hydrogens (tertiary/aromatic N) is 2. The van der Waals surface area contributed by atoms with E-state index in [0.717, 1.165) is 29.4 Å². The second kappa shape index (κ2) is 7.91. The fourth-order valence-electron chi connectivity index (χ4n) is 5.84. The fraction of sp³-hybridized carbons (Fsp3) is 0.385. The average Bonchev–Trinajstić information content (AvgIpc) is 3.22. The van der Waals surface area contributed by atoms with Crippen molar-refractivity contribution < 1.29 is 19.4 Å². The molecule has 180 valence electrons. The number of carbonyl (C=O) groups excluding carboxylic acids is 2. The molecule has 5 heterocycles. The molecule has 0 radical (unpaired) electrons. The number of esters is 1. The Balaban J connectivity index is 1.55. The standard InChI is InChI=1S/C26H26N4O5/c1-2-26(9-4-3-5-10-31)16-11-19-21-14(12-30(19)23(32)15(16)13-35-24(26)33)22-20-17(27-21)7-6-8-18(20)28-25(34)29-22/h6-8,11,31H,2-5,9-10,12-13H2,1H3,(H2,28,29,34)/t26-/m0/s1. The highest BCUT2D eigenvalue weighted by Gasteiger charge is 2.46. The van der Waals surface area contributed by atoms with E-state index in [1.807, 2.05) is 31.2 Å². The summed E-state index contributed by atoms with van der Waals surface area (Å²) in [5, 5.41) is 15.7. The molecule has 6 rings (SSSR count). The van der Waals surface area contributed by atoms with Crippen LogP contribution >= 0.6 is 0 Å². The van der Waals surface area contributed by atoms with Crippen molar-refractivity contribution in [2.45, 2.75) is 57.6 Å². The number of carbonyl (C=O) groups is 2. The van der Waals surface area contributed by atoms with Crippen LogP contribution in [0.4, 0.5) is 16.2 Å². The van der Waals surface area contributed by atoms with Gasteiger partial charge in [-0.15, -0.1) is 0 Å². The molecule has 3 aliphatic rings. The maximum Gasteiger partial charge on any atom is 0.323 e. The number of hydrogen-bond acceptors (Lipinski definition) is 6. The number of pyridine rings is 2. The fourth-order valence-corrected chi connectivity index (χ4v) is 5.84. The van der Waals surface area contributed by atoms with Crippen molar-refractivity contribution in [3.8, 4) is 11.4 Å². The number of aliphatic hydroxyl groups excluding tert-OH is 1. The third-order valence-electron chi connectivity index (χ3n) is 7.68. The van der Waals surface area contributed by atoms with Crippen LogP contribution in [0.25, 0.3) is 22.3 Å². The monoisotopic (exact) mass is 474 g/mol. The Kier molecular flexibility index (Phi) is 4.93. The number of hydrogen-bond donors (Lipinski definition) is 3. The van der Waals surface area contributed by atoms with Crippen molar-refractivity contribution in [1.29, 1.82) is 0 Å². The van der Waals surface area contributed by atoms with Crippen LogP contribution in [-0.2, 0) is 28.1 Å². The Bertz CT molecular complexity index is 1480. The minimum Gasteiger partial charge on any atom is -0.460 e. The summed E-state index contributed by atoms with van der Waals surface area (Å²) in [5.41, 5.74) is 4.30. The predicted molar refractivity (Wildman–Crippen MR) is 131 cm³/mol. The lowest BCUT2D eigenvalue weighted by Crippen LogP contribution is -2.44. The van der Waals surface area contributed by atoms with Gasteiger partial charge in [0.2, 0.25) is 0 Å². The first-order valence-electron chi connectivity index (χ1n) is 12.1. The number of aromatic nitrogens is 2. The number of benzene rings is 1. The number of anilines is 2. The summed E-state index contributed by atoms with van der Waals surface area (Å²) in [6.07, 6.45) is 3.26. The van der Waals surface area contributed by atoms with Crippen molar-refractivity contribution in [2.24, 2.45) is 0 Å².